The molecule has 1 aliphatic carbocycles. The second-order valence-electron chi connectivity index (χ2n) is 4.88. The van der Waals surface area contributed by atoms with E-state index in [-0.39, 0.29) is 19.1 Å². The lowest BCUT2D eigenvalue weighted by molar-refractivity contribution is 0.193. The molecular weight excluding hydrogens is 268 g/mol. The summed E-state index contributed by atoms with van der Waals surface area (Å²) in [5.74, 6) is 0.813. The summed E-state index contributed by atoms with van der Waals surface area (Å²) in [6.07, 6.45) is 1.94. The topological polar surface area (TPSA) is 82.5 Å². The molecular formula is C13H17ClN2O3. The SMILES string of the molecule is O=C(O)NCc1nc(Cl)ccc1CC(CO)C1CC1. The zero-order chi connectivity index (χ0) is 13.8. The smallest absolute Gasteiger partial charge is 0.404 e. The molecule has 1 unspecified atom stereocenters. The molecule has 1 aromatic rings. The van der Waals surface area contributed by atoms with E-state index in [1.807, 2.05) is 6.07 Å². The van der Waals surface area contributed by atoms with Crippen LogP contribution in [0.4, 0.5) is 4.79 Å². The standard InChI is InChI=1S/C13H17ClN2O3/c14-12-4-3-9(5-10(7-17)8-1-2-8)11(16-12)6-15-13(18)19/h3-4,8,10,15,17H,1-2,5-7H2,(H,18,19). The highest BCUT2D eigenvalue weighted by atomic mass is 35.5. The van der Waals surface area contributed by atoms with Gasteiger partial charge in [-0.15, -0.1) is 0 Å². The van der Waals surface area contributed by atoms with E-state index >= 15 is 0 Å². The van der Waals surface area contributed by atoms with Crippen molar-refractivity contribution in [2.45, 2.75) is 25.8 Å². The second kappa shape index (κ2) is 6.21. The number of halogens is 1. The molecule has 0 spiro atoms. The van der Waals surface area contributed by atoms with Crippen molar-refractivity contribution < 1.29 is 15.0 Å². The van der Waals surface area contributed by atoms with E-state index < -0.39 is 6.09 Å². The van der Waals surface area contributed by atoms with Crippen LogP contribution < -0.4 is 5.32 Å². The number of carbonyl (C=O) groups is 1. The molecule has 1 amide bonds. The summed E-state index contributed by atoms with van der Waals surface area (Å²) in [6, 6.07) is 3.56. The van der Waals surface area contributed by atoms with Crippen molar-refractivity contribution in [3.05, 3.63) is 28.5 Å². The van der Waals surface area contributed by atoms with Crippen LogP contribution in [0, 0.1) is 11.8 Å². The first-order valence-electron chi connectivity index (χ1n) is 6.32. The Morgan fingerprint density at radius 1 is 1.53 bits per heavy atom. The molecule has 5 nitrogen and oxygen atoms in total. The number of nitrogens with zero attached hydrogens (tertiary/aromatic N) is 1. The summed E-state index contributed by atoms with van der Waals surface area (Å²) >= 11 is 5.84. The van der Waals surface area contributed by atoms with Crippen molar-refractivity contribution in [3.8, 4) is 0 Å². The zero-order valence-electron chi connectivity index (χ0n) is 10.5. The van der Waals surface area contributed by atoms with Gasteiger partial charge in [-0.2, -0.15) is 0 Å². The largest absolute Gasteiger partial charge is 0.465 e. The van der Waals surface area contributed by atoms with Crippen LogP contribution in [0.15, 0.2) is 12.1 Å². The van der Waals surface area contributed by atoms with Gasteiger partial charge in [0, 0.05) is 6.61 Å². The molecule has 1 saturated carbocycles. The van der Waals surface area contributed by atoms with Gasteiger partial charge in [0.2, 0.25) is 0 Å². The van der Waals surface area contributed by atoms with Crippen LogP contribution >= 0.6 is 11.6 Å². The number of pyridine rings is 1. The number of amides is 1. The lowest BCUT2D eigenvalue weighted by Gasteiger charge is -2.15. The summed E-state index contributed by atoms with van der Waals surface area (Å²) in [7, 11) is 0. The Hall–Kier alpha value is -1.33. The molecule has 0 aliphatic heterocycles. The molecule has 6 heteroatoms. The number of aromatic nitrogens is 1. The van der Waals surface area contributed by atoms with E-state index in [1.54, 1.807) is 6.07 Å². The average molecular weight is 285 g/mol. The Labute approximate surface area is 116 Å². The third kappa shape index (κ3) is 4.08. The van der Waals surface area contributed by atoms with Crippen LogP contribution in [0.1, 0.15) is 24.1 Å². The van der Waals surface area contributed by atoms with Crippen LogP contribution in [0.2, 0.25) is 5.15 Å². The number of carboxylic acid groups (broad SMARTS) is 1. The first-order valence-corrected chi connectivity index (χ1v) is 6.70. The first kappa shape index (κ1) is 14.1. The van der Waals surface area contributed by atoms with Gasteiger partial charge in [0.1, 0.15) is 5.15 Å². The number of rotatable bonds is 6. The monoisotopic (exact) mass is 284 g/mol. The Bertz CT molecular complexity index is 463. The summed E-state index contributed by atoms with van der Waals surface area (Å²) < 4.78 is 0. The maximum absolute atomic E-state index is 10.6. The van der Waals surface area contributed by atoms with E-state index in [1.165, 1.54) is 0 Å². The highest BCUT2D eigenvalue weighted by molar-refractivity contribution is 6.29. The van der Waals surface area contributed by atoms with Crippen molar-refractivity contribution >= 4 is 17.7 Å². The van der Waals surface area contributed by atoms with Gasteiger partial charge in [0.25, 0.3) is 0 Å². The molecule has 0 saturated heterocycles. The van der Waals surface area contributed by atoms with Gasteiger partial charge in [-0.3, -0.25) is 0 Å². The maximum Gasteiger partial charge on any atom is 0.404 e. The van der Waals surface area contributed by atoms with Gasteiger partial charge in [-0.25, -0.2) is 9.78 Å². The summed E-state index contributed by atoms with van der Waals surface area (Å²) in [6.45, 7) is 0.285. The minimum absolute atomic E-state index is 0.133. The van der Waals surface area contributed by atoms with Crippen molar-refractivity contribution in [1.82, 2.24) is 10.3 Å². The fourth-order valence-electron chi connectivity index (χ4n) is 2.23. The van der Waals surface area contributed by atoms with Crippen LogP contribution in [0.3, 0.4) is 0 Å². The Balaban J connectivity index is 2.10. The van der Waals surface area contributed by atoms with Crippen molar-refractivity contribution in [1.29, 1.82) is 0 Å². The fourth-order valence-corrected chi connectivity index (χ4v) is 2.40. The van der Waals surface area contributed by atoms with Crippen LogP contribution in [-0.4, -0.2) is 27.9 Å². The van der Waals surface area contributed by atoms with E-state index in [0.717, 1.165) is 18.4 Å². The lowest BCUT2D eigenvalue weighted by Crippen LogP contribution is -2.22. The number of hydrogen-bond donors (Lipinski definition) is 3. The molecule has 0 aromatic carbocycles. The fraction of sp³-hybridized carbons (Fsp3) is 0.538. The second-order valence-corrected chi connectivity index (χ2v) is 5.27. The van der Waals surface area contributed by atoms with Crippen molar-refractivity contribution in [2.75, 3.05) is 6.61 Å². The lowest BCUT2D eigenvalue weighted by atomic mass is 9.94. The number of aliphatic hydroxyl groups is 1. The predicted octanol–water partition coefficient (Wildman–Crippen LogP) is 2.06. The van der Waals surface area contributed by atoms with Crippen LogP contribution in [0.25, 0.3) is 0 Å². The van der Waals surface area contributed by atoms with Gasteiger partial charge in [0.15, 0.2) is 0 Å². The normalized spacial score (nSPS) is 16.1. The zero-order valence-corrected chi connectivity index (χ0v) is 11.2. The highest BCUT2D eigenvalue weighted by Gasteiger charge is 2.31. The number of hydrogen-bond acceptors (Lipinski definition) is 3. The van der Waals surface area contributed by atoms with Gasteiger partial charge < -0.3 is 15.5 Å². The minimum atomic E-state index is -1.09. The van der Waals surface area contributed by atoms with Gasteiger partial charge in [-0.05, 0) is 42.7 Å². The number of nitrogens with one attached hydrogen (secondary N) is 1. The molecule has 3 N–H and O–H groups in total. The third-order valence-corrected chi connectivity index (χ3v) is 3.66. The molecule has 104 valence electrons. The molecule has 2 rings (SSSR count). The first-order chi connectivity index (χ1) is 9.10. The highest BCUT2D eigenvalue weighted by Crippen LogP contribution is 2.38. The van der Waals surface area contributed by atoms with E-state index in [4.69, 9.17) is 16.7 Å². The molecule has 0 bridgehead atoms. The van der Waals surface area contributed by atoms with Gasteiger partial charge in [-0.1, -0.05) is 17.7 Å². The molecule has 0 radical (unpaired) electrons. The minimum Gasteiger partial charge on any atom is -0.465 e. The van der Waals surface area contributed by atoms with E-state index in [0.29, 0.717) is 23.2 Å². The van der Waals surface area contributed by atoms with E-state index in [2.05, 4.69) is 10.3 Å². The molecule has 1 heterocycles. The molecule has 1 aliphatic rings. The summed E-state index contributed by atoms with van der Waals surface area (Å²) in [4.78, 5) is 14.7. The van der Waals surface area contributed by atoms with Gasteiger partial charge >= 0.3 is 6.09 Å². The van der Waals surface area contributed by atoms with Crippen molar-refractivity contribution in [3.63, 3.8) is 0 Å². The Morgan fingerprint density at radius 2 is 2.26 bits per heavy atom. The summed E-state index contributed by atoms with van der Waals surface area (Å²) in [5.41, 5.74) is 1.58. The molecule has 1 aromatic heterocycles. The summed E-state index contributed by atoms with van der Waals surface area (Å²) in [5, 5.41) is 20.7. The van der Waals surface area contributed by atoms with Crippen LogP contribution in [0.5, 0.6) is 0 Å². The quantitative estimate of drug-likeness (QED) is 0.698. The van der Waals surface area contributed by atoms with Gasteiger partial charge in [0.05, 0.1) is 12.2 Å². The molecule has 1 atom stereocenters. The predicted molar refractivity (Wildman–Crippen MR) is 71.1 cm³/mol. The van der Waals surface area contributed by atoms with E-state index in [9.17, 15) is 9.90 Å². The third-order valence-electron chi connectivity index (χ3n) is 3.45. The number of aliphatic hydroxyl groups excluding tert-OH is 1. The Kier molecular flexibility index (Phi) is 4.61. The Morgan fingerprint density at radius 3 is 2.84 bits per heavy atom. The van der Waals surface area contributed by atoms with Crippen molar-refractivity contribution in [2.24, 2.45) is 11.8 Å². The average Bonchev–Trinajstić information content (AvgIpc) is 3.19. The molecule has 1 fully saturated rings. The maximum atomic E-state index is 10.6. The van der Waals surface area contributed by atoms with Crippen LogP contribution in [-0.2, 0) is 13.0 Å². The molecule has 19 heavy (non-hydrogen) atoms.